The van der Waals surface area contributed by atoms with Crippen molar-refractivity contribution in [1.29, 1.82) is 0 Å². The van der Waals surface area contributed by atoms with Gasteiger partial charge in [-0.05, 0) is 31.4 Å². The van der Waals surface area contributed by atoms with Crippen molar-refractivity contribution < 1.29 is 0 Å². The van der Waals surface area contributed by atoms with Crippen LogP contribution in [0.5, 0.6) is 0 Å². The maximum absolute atomic E-state index is 5.62. The van der Waals surface area contributed by atoms with Gasteiger partial charge in [0.15, 0.2) is 0 Å². The fourth-order valence-corrected chi connectivity index (χ4v) is 1.10. The van der Waals surface area contributed by atoms with Gasteiger partial charge < -0.3 is 5.73 Å². The van der Waals surface area contributed by atoms with Crippen molar-refractivity contribution in [2.75, 3.05) is 7.05 Å². The van der Waals surface area contributed by atoms with Crippen LogP contribution in [0.4, 0.5) is 0 Å². The van der Waals surface area contributed by atoms with Gasteiger partial charge in [0.1, 0.15) is 0 Å². The third-order valence-electron chi connectivity index (χ3n) is 1.98. The van der Waals surface area contributed by atoms with E-state index in [9.17, 15) is 0 Å². The summed E-state index contributed by atoms with van der Waals surface area (Å²) in [4.78, 5) is 4.12. The molecule has 11 heavy (non-hydrogen) atoms. The fraction of sp³-hybridized carbons (Fsp3) is 0.444. The summed E-state index contributed by atoms with van der Waals surface area (Å²) in [5, 5.41) is 0. The van der Waals surface area contributed by atoms with E-state index in [1.807, 2.05) is 20.0 Å². The van der Waals surface area contributed by atoms with E-state index in [1.165, 1.54) is 5.57 Å². The summed E-state index contributed by atoms with van der Waals surface area (Å²) in [6.07, 6.45) is 6.03. The lowest BCUT2D eigenvalue weighted by atomic mass is 10.00. The highest BCUT2D eigenvalue weighted by Gasteiger charge is 2.04. The number of aliphatic imine (C=N–C) groups is 1. The van der Waals surface area contributed by atoms with Crippen LogP contribution in [0.1, 0.15) is 19.8 Å². The lowest BCUT2D eigenvalue weighted by Gasteiger charge is -2.10. The van der Waals surface area contributed by atoms with Crippen molar-refractivity contribution in [2.24, 2.45) is 10.7 Å². The van der Waals surface area contributed by atoms with Crippen molar-refractivity contribution in [2.45, 2.75) is 19.8 Å². The maximum atomic E-state index is 5.62. The number of rotatable bonds is 1. The second-order valence-electron chi connectivity index (χ2n) is 2.74. The molecule has 1 aliphatic carbocycles. The molecule has 0 spiro atoms. The first-order valence-corrected chi connectivity index (χ1v) is 3.83. The van der Waals surface area contributed by atoms with Crippen LogP contribution >= 0.6 is 0 Å². The Bertz CT molecular complexity index is 234. The molecule has 0 atom stereocenters. The number of nitrogens with zero attached hydrogens (tertiary/aromatic N) is 1. The minimum atomic E-state index is 0.970. The highest BCUT2D eigenvalue weighted by molar-refractivity contribution is 5.98. The Balaban J connectivity index is 2.76. The molecule has 60 valence electrons. The summed E-state index contributed by atoms with van der Waals surface area (Å²) in [7, 11) is 1.82. The molecule has 0 aromatic heterocycles. The van der Waals surface area contributed by atoms with E-state index in [0.29, 0.717) is 0 Å². The van der Waals surface area contributed by atoms with E-state index in [-0.39, 0.29) is 0 Å². The zero-order valence-electron chi connectivity index (χ0n) is 7.09. The zero-order chi connectivity index (χ0) is 8.27. The molecule has 0 heterocycles. The predicted octanol–water partition coefficient (Wildman–Crippen LogP) is 1.64. The molecule has 1 rings (SSSR count). The molecule has 0 aromatic carbocycles. The van der Waals surface area contributed by atoms with Crippen LogP contribution < -0.4 is 5.73 Å². The summed E-state index contributed by atoms with van der Waals surface area (Å²) in [6.45, 7) is 2.03. The Labute approximate surface area is 67.5 Å². The molecular formula is C9H14N2. The minimum Gasteiger partial charge on any atom is -0.402 e. The lowest BCUT2D eigenvalue weighted by Crippen LogP contribution is -2.06. The normalized spacial score (nSPS) is 19.3. The Hall–Kier alpha value is -1.05. The summed E-state index contributed by atoms with van der Waals surface area (Å²) < 4.78 is 0. The van der Waals surface area contributed by atoms with Crippen LogP contribution in [0.15, 0.2) is 28.4 Å². The number of hydrogen-bond acceptors (Lipinski definition) is 2. The van der Waals surface area contributed by atoms with Crippen molar-refractivity contribution in [3.63, 3.8) is 0 Å². The standard InChI is InChI=1S/C9H14N2/c1-7(11-2)8-3-5-9(10)6-4-8/h3,5H,4,6,10H2,1-2H3. The van der Waals surface area contributed by atoms with E-state index >= 15 is 0 Å². The van der Waals surface area contributed by atoms with Crippen LogP contribution in [0.25, 0.3) is 0 Å². The topological polar surface area (TPSA) is 38.4 Å². The zero-order valence-corrected chi connectivity index (χ0v) is 7.09. The van der Waals surface area contributed by atoms with Gasteiger partial charge in [0, 0.05) is 18.5 Å². The first-order valence-electron chi connectivity index (χ1n) is 3.83. The highest BCUT2D eigenvalue weighted by atomic mass is 14.7. The van der Waals surface area contributed by atoms with Gasteiger partial charge in [0.05, 0.1) is 0 Å². The second-order valence-corrected chi connectivity index (χ2v) is 2.74. The first kappa shape index (κ1) is 8.05. The van der Waals surface area contributed by atoms with E-state index in [4.69, 9.17) is 5.73 Å². The van der Waals surface area contributed by atoms with Crippen LogP contribution in [-0.4, -0.2) is 12.8 Å². The van der Waals surface area contributed by atoms with Crippen LogP contribution in [-0.2, 0) is 0 Å². The first-order chi connectivity index (χ1) is 5.24. The molecule has 2 N–H and O–H groups in total. The molecule has 1 aliphatic rings. The quantitative estimate of drug-likeness (QED) is 0.567. The Morgan fingerprint density at radius 1 is 1.45 bits per heavy atom. The largest absolute Gasteiger partial charge is 0.402 e. The predicted molar refractivity (Wildman–Crippen MR) is 48.6 cm³/mol. The van der Waals surface area contributed by atoms with Gasteiger partial charge in [-0.25, -0.2) is 0 Å². The number of allylic oxidation sites excluding steroid dienone is 4. The van der Waals surface area contributed by atoms with E-state index in [1.54, 1.807) is 0 Å². The molecule has 0 saturated carbocycles. The number of hydrogen-bond donors (Lipinski definition) is 1. The highest BCUT2D eigenvalue weighted by Crippen LogP contribution is 2.15. The molecule has 2 heteroatoms. The number of nitrogens with two attached hydrogens (primary N) is 1. The average molecular weight is 150 g/mol. The van der Waals surface area contributed by atoms with Gasteiger partial charge in [-0.1, -0.05) is 6.08 Å². The summed E-state index contributed by atoms with van der Waals surface area (Å²) in [5.74, 6) is 0. The lowest BCUT2D eigenvalue weighted by molar-refractivity contribution is 0.920. The van der Waals surface area contributed by atoms with Gasteiger partial charge in [-0.15, -0.1) is 0 Å². The molecule has 2 nitrogen and oxygen atoms in total. The van der Waals surface area contributed by atoms with Crippen molar-refractivity contribution in [1.82, 2.24) is 0 Å². The van der Waals surface area contributed by atoms with Gasteiger partial charge in [-0.3, -0.25) is 4.99 Å². The van der Waals surface area contributed by atoms with Crippen LogP contribution in [0, 0.1) is 0 Å². The SMILES string of the molecule is CN=C(C)C1=CC=C(N)CC1. The fourth-order valence-electron chi connectivity index (χ4n) is 1.10. The molecule has 0 radical (unpaired) electrons. The second kappa shape index (κ2) is 3.37. The summed E-state index contributed by atoms with van der Waals surface area (Å²) in [6, 6.07) is 0. The molecule has 0 saturated heterocycles. The van der Waals surface area contributed by atoms with E-state index in [0.717, 1.165) is 24.3 Å². The molecule has 0 aliphatic heterocycles. The summed E-state index contributed by atoms with van der Waals surface area (Å²) >= 11 is 0. The van der Waals surface area contributed by atoms with Crippen LogP contribution in [0.3, 0.4) is 0 Å². The Morgan fingerprint density at radius 3 is 2.64 bits per heavy atom. The van der Waals surface area contributed by atoms with E-state index in [2.05, 4.69) is 11.1 Å². The maximum Gasteiger partial charge on any atom is 0.0345 e. The minimum absolute atomic E-state index is 0.970. The Morgan fingerprint density at radius 2 is 2.18 bits per heavy atom. The molecule has 0 fully saturated rings. The summed E-state index contributed by atoms with van der Waals surface area (Å²) in [5.41, 5.74) is 9.01. The molecule has 0 unspecified atom stereocenters. The third kappa shape index (κ3) is 1.93. The van der Waals surface area contributed by atoms with Gasteiger partial charge in [0.2, 0.25) is 0 Å². The monoisotopic (exact) mass is 150 g/mol. The molecular weight excluding hydrogens is 136 g/mol. The van der Waals surface area contributed by atoms with Crippen molar-refractivity contribution in [3.05, 3.63) is 23.4 Å². The van der Waals surface area contributed by atoms with Gasteiger partial charge >= 0.3 is 0 Å². The van der Waals surface area contributed by atoms with Crippen molar-refractivity contribution in [3.8, 4) is 0 Å². The average Bonchev–Trinajstić information content (AvgIpc) is 2.05. The van der Waals surface area contributed by atoms with Crippen molar-refractivity contribution >= 4 is 5.71 Å². The molecule has 0 amide bonds. The Kier molecular flexibility index (Phi) is 2.47. The van der Waals surface area contributed by atoms with E-state index < -0.39 is 0 Å². The van der Waals surface area contributed by atoms with Gasteiger partial charge in [-0.2, -0.15) is 0 Å². The molecule has 0 aromatic rings. The van der Waals surface area contributed by atoms with Gasteiger partial charge in [0.25, 0.3) is 0 Å². The smallest absolute Gasteiger partial charge is 0.0345 e. The van der Waals surface area contributed by atoms with Crippen LogP contribution in [0.2, 0.25) is 0 Å². The molecule has 0 bridgehead atoms. The third-order valence-corrected chi connectivity index (χ3v) is 1.98.